The molecule has 2 aromatic rings. The maximum atomic E-state index is 11.3. The van der Waals surface area contributed by atoms with Gasteiger partial charge in [-0.1, -0.05) is 11.6 Å². The third-order valence-corrected chi connectivity index (χ3v) is 3.15. The van der Waals surface area contributed by atoms with Crippen LogP contribution >= 0.6 is 27.5 Å². The van der Waals surface area contributed by atoms with Crippen LogP contribution < -0.4 is 10.9 Å². The minimum absolute atomic E-state index is 0.0197. The fourth-order valence-electron chi connectivity index (χ4n) is 1.28. The minimum Gasteiger partial charge on any atom is -0.338 e. The van der Waals surface area contributed by atoms with Crippen LogP contribution in [0.25, 0.3) is 0 Å². The molecule has 5 nitrogen and oxygen atoms in total. The van der Waals surface area contributed by atoms with Crippen LogP contribution in [0, 0.1) is 11.3 Å². The van der Waals surface area contributed by atoms with Crippen molar-refractivity contribution < 1.29 is 0 Å². The summed E-state index contributed by atoms with van der Waals surface area (Å²) in [5.41, 5.74) is 0.769. The van der Waals surface area contributed by atoms with Gasteiger partial charge in [-0.05, 0) is 34.1 Å². The normalized spacial score (nSPS) is 9.83. The molecule has 2 N–H and O–H groups in total. The van der Waals surface area contributed by atoms with Gasteiger partial charge in [0.2, 0.25) is 0 Å². The molecule has 0 fully saturated rings. The minimum atomic E-state index is -0.418. The van der Waals surface area contributed by atoms with Crippen molar-refractivity contribution >= 4 is 39.0 Å². The third-order valence-electron chi connectivity index (χ3n) is 2.15. The summed E-state index contributed by atoms with van der Waals surface area (Å²) in [5, 5.41) is 11.6. The maximum absolute atomic E-state index is 11.3. The first kappa shape index (κ1) is 12.6. The molecule has 18 heavy (non-hydrogen) atoms. The Bertz CT molecular complexity index is 692. The van der Waals surface area contributed by atoms with Crippen molar-refractivity contribution in [2.24, 2.45) is 0 Å². The number of nitrogens with one attached hydrogen (secondary N) is 2. The van der Waals surface area contributed by atoms with Gasteiger partial charge in [0.15, 0.2) is 5.82 Å². The van der Waals surface area contributed by atoms with Crippen molar-refractivity contribution in [1.82, 2.24) is 9.97 Å². The molecule has 0 aliphatic heterocycles. The number of nitrogens with zero attached hydrogens (tertiary/aromatic N) is 2. The van der Waals surface area contributed by atoms with Crippen LogP contribution in [0.3, 0.4) is 0 Å². The molecule has 0 saturated heterocycles. The monoisotopic (exact) mass is 324 g/mol. The van der Waals surface area contributed by atoms with E-state index in [1.807, 2.05) is 6.07 Å². The van der Waals surface area contributed by atoms with Gasteiger partial charge in [0.25, 0.3) is 5.56 Å². The van der Waals surface area contributed by atoms with Crippen LogP contribution in [0.2, 0.25) is 5.02 Å². The van der Waals surface area contributed by atoms with E-state index >= 15 is 0 Å². The number of aromatic nitrogens is 2. The van der Waals surface area contributed by atoms with E-state index in [9.17, 15) is 4.79 Å². The van der Waals surface area contributed by atoms with Crippen LogP contribution in [0.5, 0.6) is 0 Å². The average Bonchev–Trinajstić information content (AvgIpc) is 2.37. The summed E-state index contributed by atoms with van der Waals surface area (Å²) in [4.78, 5) is 17.6. The van der Waals surface area contributed by atoms with Crippen molar-refractivity contribution in [2.45, 2.75) is 0 Å². The number of anilines is 2. The second kappa shape index (κ2) is 5.21. The third kappa shape index (κ3) is 2.53. The molecule has 0 atom stereocenters. The molecule has 0 spiro atoms. The molecule has 90 valence electrons. The quantitative estimate of drug-likeness (QED) is 0.889. The van der Waals surface area contributed by atoms with E-state index < -0.39 is 5.56 Å². The number of hydrogen-bond acceptors (Lipinski definition) is 4. The van der Waals surface area contributed by atoms with Gasteiger partial charge in [-0.25, -0.2) is 4.98 Å². The molecule has 0 saturated carbocycles. The molecule has 1 aromatic carbocycles. The molecule has 0 unspecified atom stereocenters. The Morgan fingerprint density at radius 3 is 2.94 bits per heavy atom. The Labute approximate surface area is 116 Å². The van der Waals surface area contributed by atoms with Crippen molar-refractivity contribution in [1.29, 1.82) is 5.26 Å². The Hall–Kier alpha value is -1.84. The van der Waals surface area contributed by atoms with Crippen molar-refractivity contribution in [3.05, 3.63) is 49.9 Å². The number of hydrogen-bond donors (Lipinski definition) is 2. The summed E-state index contributed by atoms with van der Waals surface area (Å²) in [6.45, 7) is 0. The Morgan fingerprint density at radius 2 is 2.28 bits per heavy atom. The van der Waals surface area contributed by atoms with E-state index in [1.165, 1.54) is 6.33 Å². The predicted octanol–water partition coefficient (Wildman–Crippen LogP) is 2.80. The van der Waals surface area contributed by atoms with E-state index in [2.05, 4.69) is 31.2 Å². The van der Waals surface area contributed by atoms with E-state index in [0.29, 0.717) is 15.7 Å². The molecule has 1 heterocycles. The van der Waals surface area contributed by atoms with Crippen molar-refractivity contribution in [3.63, 3.8) is 0 Å². The average molecular weight is 326 g/mol. The summed E-state index contributed by atoms with van der Waals surface area (Å²) in [5.74, 6) is 0.255. The van der Waals surface area contributed by atoms with Crippen LogP contribution in [0.4, 0.5) is 11.5 Å². The van der Waals surface area contributed by atoms with Gasteiger partial charge in [-0.2, -0.15) is 5.26 Å². The highest BCUT2D eigenvalue weighted by atomic mass is 79.9. The molecule has 0 amide bonds. The van der Waals surface area contributed by atoms with Gasteiger partial charge in [0, 0.05) is 4.47 Å². The highest BCUT2D eigenvalue weighted by Gasteiger charge is 2.08. The number of aromatic amines is 1. The van der Waals surface area contributed by atoms with Crippen LogP contribution in [-0.4, -0.2) is 9.97 Å². The summed E-state index contributed by atoms with van der Waals surface area (Å²) in [6.07, 6.45) is 1.26. The lowest BCUT2D eigenvalue weighted by Gasteiger charge is -2.08. The van der Waals surface area contributed by atoms with E-state index in [4.69, 9.17) is 16.9 Å². The number of H-pyrrole nitrogens is 1. The molecule has 2 rings (SSSR count). The van der Waals surface area contributed by atoms with E-state index in [0.717, 1.165) is 0 Å². The van der Waals surface area contributed by atoms with Gasteiger partial charge in [0.05, 0.1) is 23.6 Å². The highest BCUT2D eigenvalue weighted by Crippen LogP contribution is 2.27. The lowest BCUT2D eigenvalue weighted by atomic mass is 10.2. The lowest BCUT2D eigenvalue weighted by Crippen LogP contribution is -2.09. The van der Waals surface area contributed by atoms with Crippen LogP contribution in [0.15, 0.2) is 33.8 Å². The molecule has 0 radical (unpaired) electrons. The zero-order chi connectivity index (χ0) is 13.1. The number of rotatable bonds is 2. The highest BCUT2D eigenvalue weighted by molar-refractivity contribution is 9.10. The number of halogens is 2. The first-order valence-electron chi connectivity index (χ1n) is 4.81. The van der Waals surface area contributed by atoms with Gasteiger partial charge in [-0.3, -0.25) is 4.79 Å². The maximum Gasteiger partial charge on any atom is 0.271 e. The summed E-state index contributed by atoms with van der Waals surface area (Å²) in [7, 11) is 0. The van der Waals surface area contributed by atoms with Crippen molar-refractivity contribution in [2.75, 3.05) is 5.32 Å². The fraction of sp³-hybridized carbons (Fsp3) is 0. The Kier molecular flexibility index (Phi) is 3.65. The number of benzene rings is 1. The molecule has 0 aliphatic carbocycles. The SMILES string of the molecule is N#Cc1ccc(Nc2nc[nH]c(=O)c2Cl)c(Br)c1. The fourth-order valence-corrected chi connectivity index (χ4v) is 1.91. The molecular formula is C11H6BrClN4O. The van der Waals surface area contributed by atoms with Gasteiger partial charge in [-0.15, -0.1) is 0 Å². The molecule has 7 heteroatoms. The molecule has 0 aliphatic rings. The number of nitriles is 1. The molecule has 0 bridgehead atoms. The first-order valence-corrected chi connectivity index (χ1v) is 5.99. The second-order valence-electron chi connectivity index (χ2n) is 3.33. The van der Waals surface area contributed by atoms with Gasteiger partial charge < -0.3 is 10.3 Å². The predicted molar refractivity (Wildman–Crippen MR) is 72.0 cm³/mol. The smallest absolute Gasteiger partial charge is 0.271 e. The zero-order valence-corrected chi connectivity index (χ0v) is 11.2. The molecular weight excluding hydrogens is 320 g/mol. The van der Waals surface area contributed by atoms with Crippen LogP contribution in [-0.2, 0) is 0 Å². The Morgan fingerprint density at radius 1 is 1.50 bits per heavy atom. The van der Waals surface area contributed by atoms with Crippen LogP contribution in [0.1, 0.15) is 5.56 Å². The largest absolute Gasteiger partial charge is 0.338 e. The molecule has 1 aromatic heterocycles. The zero-order valence-electron chi connectivity index (χ0n) is 8.87. The summed E-state index contributed by atoms with van der Waals surface area (Å²) < 4.78 is 0.680. The van der Waals surface area contributed by atoms with E-state index in [-0.39, 0.29) is 10.8 Å². The van der Waals surface area contributed by atoms with Gasteiger partial charge >= 0.3 is 0 Å². The van der Waals surface area contributed by atoms with Crippen molar-refractivity contribution in [3.8, 4) is 6.07 Å². The summed E-state index contributed by atoms with van der Waals surface area (Å²) in [6, 6.07) is 7.02. The standard InChI is InChI=1S/C11H6BrClN4O/c12-7-3-6(4-14)1-2-8(7)17-10-9(13)11(18)16-5-15-10/h1-3,5H,(H2,15,16,17,18). The second-order valence-corrected chi connectivity index (χ2v) is 4.56. The van der Waals surface area contributed by atoms with Gasteiger partial charge in [0.1, 0.15) is 5.02 Å². The van der Waals surface area contributed by atoms with E-state index in [1.54, 1.807) is 18.2 Å². The lowest BCUT2D eigenvalue weighted by molar-refractivity contribution is 1.12. The summed E-state index contributed by atoms with van der Waals surface area (Å²) >= 11 is 9.14. The Balaban J connectivity index is 2.38. The topological polar surface area (TPSA) is 81.6 Å². The first-order chi connectivity index (χ1) is 8.61.